The summed E-state index contributed by atoms with van der Waals surface area (Å²) in [4.78, 5) is 0. The second-order valence-electron chi connectivity index (χ2n) is 4.78. The van der Waals surface area contributed by atoms with Gasteiger partial charge in [0.1, 0.15) is 0 Å². The topological polar surface area (TPSA) is 66.4 Å². The summed E-state index contributed by atoms with van der Waals surface area (Å²) in [6, 6.07) is 0. The van der Waals surface area contributed by atoms with Gasteiger partial charge in [0.15, 0.2) is 0 Å². The van der Waals surface area contributed by atoms with Crippen LogP contribution in [-0.4, -0.2) is 25.8 Å². The number of rotatable bonds is 12. The van der Waals surface area contributed by atoms with Gasteiger partial charge in [-0.25, -0.2) is 8.42 Å². The molecule has 0 aromatic carbocycles. The van der Waals surface area contributed by atoms with Gasteiger partial charge in [-0.05, 0) is 12.8 Å². The maximum Gasteiger partial charge on any atom is 1.00 e. The van der Waals surface area contributed by atoms with Crippen LogP contribution in [0.25, 0.3) is 0 Å². The van der Waals surface area contributed by atoms with Crippen LogP contribution in [0.15, 0.2) is 0 Å². The van der Waals surface area contributed by atoms with Crippen LogP contribution in [0.5, 0.6) is 0 Å². The molecule has 0 atom stereocenters. The Kier molecular flexibility index (Phi) is 15.0. The fraction of sp³-hybridized carbons (Fsp3) is 1.00. The summed E-state index contributed by atoms with van der Waals surface area (Å²) in [5, 5.41) is 0. The first kappa shape index (κ1) is 23.9. The van der Waals surface area contributed by atoms with Crippen molar-refractivity contribution in [2.45, 2.75) is 70.4 Å². The smallest absolute Gasteiger partial charge is 0.726 e. The average molecular weight is 342 g/mol. The van der Waals surface area contributed by atoms with Crippen molar-refractivity contribution in [3.63, 3.8) is 0 Å². The molecule has 0 fully saturated rings. The van der Waals surface area contributed by atoms with Crippen LogP contribution >= 0.6 is 0 Å². The monoisotopic (exact) mass is 342 g/mol. The molecule has 0 aliphatic heterocycles. The van der Waals surface area contributed by atoms with Crippen LogP contribution in [0.2, 0.25) is 0 Å². The Morgan fingerprint density at radius 1 is 0.810 bits per heavy atom. The first-order chi connectivity index (χ1) is 9.21. The molecule has 0 bridgehead atoms. The number of halogens is 3. The van der Waals surface area contributed by atoms with Crippen molar-refractivity contribution in [2.75, 3.05) is 6.61 Å². The average Bonchev–Trinajstić information content (AvgIpc) is 2.27. The van der Waals surface area contributed by atoms with Gasteiger partial charge < -0.3 is 4.55 Å². The van der Waals surface area contributed by atoms with Gasteiger partial charge in [-0.2, -0.15) is 13.2 Å². The van der Waals surface area contributed by atoms with Crippen LogP contribution in [-0.2, 0) is 14.6 Å². The van der Waals surface area contributed by atoms with E-state index < -0.39 is 23.0 Å². The molecule has 0 amide bonds. The standard InChI is InChI=1S/C12H23F3O4S.Na/c13-12(14,15)10-8-6-4-2-1-3-5-7-9-11-19-20(16,17)18;/h1-11H2,(H,16,17,18);/q;+1/p-1. The molecule has 0 N–H and O–H groups in total. The van der Waals surface area contributed by atoms with Crippen LogP contribution in [0, 0.1) is 0 Å². The van der Waals surface area contributed by atoms with E-state index in [0.717, 1.165) is 38.5 Å². The van der Waals surface area contributed by atoms with Gasteiger partial charge >= 0.3 is 35.7 Å². The third-order valence-electron chi connectivity index (χ3n) is 2.83. The molecule has 21 heavy (non-hydrogen) atoms. The fourth-order valence-corrected chi connectivity index (χ4v) is 2.15. The zero-order valence-corrected chi connectivity index (χ0v) is 15.3. The van der Waals surface area contributed by atoms with E-state index in [1.165, 1.54) is 0 Å². The molecule has 0 aromatic heterocycles. The molecule has 0 unspecified atom stereocenters. The van der Waals surface area contributed by atoms with Gasteiger partial charge in [-0.1, -0.05) is 44.9 Å². The first-order valence-corrected chi connectivity index (χ1v) is 8.21. The minimum absolute atomic E-state index is 0. The maximum atomic E-state index is 11.8. The zero-order chi connectivity index (χ0) is 15.5. The van der Waals surface area contributed by atoms with E-state index in [0.29, 0.717) is 12.8 Å². The number of alkyl halides is 3. The Morgan fingerprint density at radius 2 is 1.19 bits per heavy atom. The summed E-state index contributed by atoms with van der Waals surface area (Å²) < 4.78 is 69.9. The molecule has 0 aliphatic rings. The molecule has 0 aliphatic carbocycles. The molecule has 0 spiro atoms. The Labute approximate surface area is 147 Å². The van der Waals surface area contributed by atoms with E-state index in [2.05, 4.69) is 4.18 Å². The van der Waals surface area contributed by atoms with Gasteiger partial charge in [0.25, 0.3) is 0 Å². The third-order valence-corrected chi connectivity index (χ3v) is 3.29. The van der Waals surface area contributed by atoms with Gasteiger partial charge in [-0.15, -0.1) is 0 Å². The second-order valence-corrected chi connectivity index (χ2v) is 5.83. The van der Waals surface area contributed by atoms with Crippen molar-refractivity contribution < 1.29 is 59.9 Å². The van der Waals surface area contributed by atoms with Crippen LogP contribution in [0.3, 0.4) is 0 Å². The molecule has 0 saturated heterocycles. The molecule has 0 saturated carbocycles. The summed E-state index contributed by atoms with van der Waals surface area (Å²) >= 11 is 0. The van der Waals surface area contributed by atoms with E-state index in [9.17, 15) is 26.1 Å². The van der Waals surface area contributed by atoms with E-state index in [1.807, 2.05) is 0 Å². The number of hydrogen-bond donors (Lipinski definition) is 0. The van der Waals surface area contributed by atoms with Crippen molar-refractivity contribution in [2.24, 2.45) is 0 Å². The van der Waals surface area contributed by atoms with E-state index in [1.54, 1.807) is 0 Å². The predicted octanol–water partition coefficient (Wildman–Crippen LogP) is 0.931. The van der Waals surface area contributed by atoms with Gasteiger partial charge in [0.2, 0.25) is 10.4 Å². The van der Waals surface area contributed by atoms with Crippen molar-refractivity contribution in [1.82, 2.24) is 0 Å². The molecular formula is C12H22F3NaO4S. The minimum atomic E-state index is -4.57. The Balaban J connectivity index is 0. The Hall–Kier alpha value is 0.660. The van der Waals surface area contributed by atoms with Crippen molar-refractivity contribution >= 4 is 10.4 Å². The summed E-state index contributed by atoms with van der Waals surface area (Å²) in [7, 11) is -4.57. The van der Waals surface area contributed by atoms with Crippen molar-refractivity contribution in [1.29, 1.82) is 0 Å². The van der Waals surface area contributed by atoms with E-state index in [-0.39, 0.29) is 42.6 Å². The fourth-order valence-electron chi connectivity index (χ4n) is 1.83. The SMILES string of the molecule is O=S(=O)([O-])OCCCCCCCCCCCC(F)(F)F.[Na+]. The summed E-state index contributed by atoms with van der Waals surface area (Å²) in [5.41, 5.74) is 0. The van der Waals surface area contributed by atoms with E-state index in [4.69, 9.17) is 0 Å². The molecule has 4 nitrogen and oxygen atoms in total. The summed E-state index contributed by atoms with van der Waals surface area (Å²) in [5.74, 6) is 0. The summed E-state index contributed by atoms with van der Waals surface area (Å²) in [6.45, 7) is -0.0801. The van der Waals surface area contributed by atoms with Crippen LogP contribution < -0.4 is 29.6 Å². The quantitative estimate of drug-likeness (QED) is 0.229. The van der Waals surface area contributed by atoms with Gasteiger partial charge in [0.05, 0.1) is 6.61 Å². The molecule has 0 heterocycles. The van der Waals surface area contributed by atoms with Crippen molar-refractivity contribution in [3.8, 4) is 0 Å². The predicted molar refractivity (Wildman–Crippen MR) is 67.9 cm³/mol. The molecule has 9 heteroatoms. The minimum Gasteiger partial charge on any atom is -0.726 e. The molecule has 0 rings (SSSR count). The molecule has 122 valence electrons. The maximum absolute atomic E-state index is 11.8. The first-order valence-electron chi connectivity index (χ1n) is 6.88. The van der Waals surface area contributed by atoms with Gasteiger partial charge in [-0.3, -0.25) is 4.18 Å². The number of hydrogen-bond acceptors (Lipinski definition) is 4. The second kappa shape index (κ2) is 13.1. The van der Waals surface area contributed by atoms with Crippen LogP contribution in [0.4, 0.5) is 13.2 Å². The Morgan fingerprint density at radius 3 is 1.57 bits per heavy atom. The Bertz CT molecular complexity index is 334. The van der Waals surface area contributed by atoms with Crippen molar-refractivity contribution in [3.05, 3.63) is 0 Å². The largest absolute Gasteiger partial charge is 1.00 e. The zero-order valence-electron chi connectivity index (χ0n) is 12.5. The van der Waals surface area contributed by atoms with Crippen LogP contribution in [0.1, 0.15) is 64.2 Å². The normalized spacial score (nSPS) is 12.2. The van der Waals surface area contributed by atoms with Gasteiger partial charge in [0, 0.05) is 6.42 Å². The van der Waals surface area contributed by atoms with E-state index >= 15 is 0 Å². The molecule has 0 radical (unpaired) electrons. The summed E-state index contributed by atoms with van der Waals surface area (Å²) in [6.07, 6.45) is 1.93. The third kappa shape index (κ3) is 23.1. The number of unbranched alkanes of at least 4 members (excludes halogenated alkanes) is 8. The molecule has 0 aromatic rings. The molecular weight excluding hydrogens is 320 g/mol.